The van der Waals surface area contributed by atoms with Gasteiger partial charge in [0.25, 0.3) is 10.0 Å². The number of amides is 1. The van der Waals surface area contributed by atoms with E-state index in [9.17, 15) is 13.2 Å². The largest absolute Gasteiger partial charge is 0.497 e. The number of nitrogens with one attached hydrogen (secondary N) is 1. The predicted molar refractivity (Wildman–Crippen MR) is 118 cm³/mol. The van der Waals surface area contributed by atoms with Crippen LogP contribution in [0.5, 0.6) is 5.75 Å². The minimum absolute atomic E-state index is 0.287. The maximum atomic E-state index is 12.7. The first-order chi connectivity index (χ1) is 15.1. The highest BCUT2D eigenvalue weighted by Crippen LogP contribution is 2.32. The number of hydroxylamine groups is 1. The zero-order valence-electron chi connectivity index (χ0n) is 17.1. The standard InChI is InChI=1S/C15H15NO3S.C8H9NO2/c1-19-13-6-8-14(9-7-13)20(17,18)16-11-10-12-4-2-3-5-15(12)16;10-7-9-11-6-8-4-2-1-3-5-8/h2-9H,10-11H2,1H3;1-5,7H,6H2,(H,9,10). The summed E-state index contributed by atoms with van der Waals surface area (Å²) in [6.07, 6.45) is 1.26. The van der Waals surface area contributed by atoms with E-state index in [1.54, 1.807) is 31.4 Å². The van der Waals surface area contributed by atoms with Gasteiger partial charge in [0.15, 0.2) is 0 Å². The van der Waals surface area contributed by atoms with Crippen LogP contribution in [0.15, 0.2) is 83.8 Å². The van der Waals surface area contributed by atoms with Gasteiger partial charge in [0.05, 0.1) is 24.3 Å². The zero-order chi connectivity index (χ0) is 22.1. The van der Waals surface area contributed by atoms with E-state index in [-0.39, 0.29) is 4.90 Å². The number of carbonyl (C=O) groups excluding carboxylic acids is 1. The topological polar surface area (TPSA) is 84.9 Å². The lowest BCUT2D eigenvalue weighted by atomic mass is 10.2. The van der Waals surface area contributed by atoms with Gasteiger partial charge in [-0.3, -0.25) is 13.9 Å². The van der Waals surface area contributed by atoms with Crippen molar-refractivity contribution < 1.29 is 22.8 Å². The van der Waals surface area contributed by atoms with Gasteiger partial charge in [-0.25, -0.2) is 13.9 Å². The number of benzene rings is 3. The van der Waals surface area contributed by atoms with Crippen LogP contribution in [0.2, 0.25) is 0 Å². The fourth-order valence-electron chi connectivity index (χ4n) is 3.17. The van der Waals surface area contributed by atoms with Crippen LogP contribution in [0.25, 0.3) is 0 Å². The van der Waals surface area contributed by atoms with E-state index < -0.39 is 10.0 Å². The third kappa shape index (κ3) is 5.62. The summed E-state index contributed by atoms with van der Waals surface area (Å²) >= 11 is 0. The molecule has 3 aromatic carbocycles. The fourth-order valence-corrected chi connectivity index (χ4v) is 4.67. The normalized spacial score (nSPS) is 12.4. The average molecular weight is 441 g/mol. The van der Waals surface area contributed by atoms with Crippen molar-refractivity contribution in [2.45, 2.75) is 17.9 Å². The van der Waals surface area contributed by atoms with Crippen LogP contribution in [-0.2, 0) is 32.7 Å². The molecule has 31 heavy (non-hydrogen) atoms. The van der Waals surface area contributed by atoms with E-state index in [1.807, 2.05) is 54.6 Å². The second-order valence-electron chi connectivity index (χ2n) is 6.64. The molecule has 0 fully saturated rings. The van der Waals surface area contributed by atoms with Gasteiger partial charge in [-0.2, -0.15) is 0 Å². The van der Waals surface area contributed by atoms with Gasteiger partial charge in [-0.1, -0.05) is 48.5 Å². The number of carbonyl (C=O) groups is 1. The Kier molecular flexibility index (Phi) is 7.64. The Morgan fingerprint density at radius 3 is 2.32 bits per heavy atom. The molecule has 0 atom stereocenters. The van der Waals surface area contributed by atoms with Crippen molar-refractivity contribution in [3.05, 3.63) is 90.0 Å². The Hall–Kier alpha value is -3.36. The predicted octanol–water partition coefficient (Wildman–Crippen LogP) is 3.31. The highest BCUT2D eigenvalue weighted by molar-refractivity contribution is 7.92. The van der Waals surface area contributed by atoms with Crippen molar-refractivity contribution in [2.75, 3.05) is 18.0 Å². The molecule has 1 N–H and O–H groups in total. The lowest BCUT2D eigenvalue weighted by Crippen LogP contribution is -2.29. The summed E-state index contributed by atoms with van der Waals surface area (Å²) in [6, 6.07) is 23.7. The lowest BCUT2D eigenvalue weighted by molar-refractivity contribution is -0.121. The van der Waals surface area contributed by atoms with Crippen LogP contribution in [0.3, 0.4) is 0 Å². The maximum absolute atomic E-state index is 12.7. The van der Waals surface area contributed by atoms with Gasteiger partial charge in [0, 0.05) is 6.54 Å². The summed E-state index contributed by atoms with van der Waals surface area (Å²) in [4.78, 5) is 14.8. The second-order valence-corrected chi connectivity index (χ2v) is 8.50. The second kappa shape index (κ2) is 10.6. The number of hydrogen-bond donors (Lipinski definition) is 1. The Morgan fingerprint density at radius 2 is 1.65 bits per heavy atom. The number of methoxy groups -OCH3 is 1. The molecule has 0 radical (unpaired) electrons. The van der Waals surface area contributed by atoms with E-state index in [2.05, 4.69) is 5.48 Å². The zero-order valence-corrected chi connectivity index (χ0v) is 17.9. The van der Waals surface area contributed by atoms with Crippen LogP contribution < -0.4 is 14.5 Å². The Bertz CT molecular complexity index is 1090. The summed E-state index contributed by atoms with van der Waals surface area (Å²) in [7, 11) is -1.94. The highest BCUT2D eigenvalue weighted by Gasteiger charge is 2.30. The summed E-state index contributed by atoms with van der Waals surface area (Å²) in [5.41, 5.74) is 5.00. The summed E-state index contributed by atoms with van der Waals surface area (Å²) in [6.45, 7) is 0.896. The van der Waals surface area contributed by atoms with Crippen molar-refractivity contribution >= 4 is 22.1 Å². The summed E-state index contributed by atoms with van der Waals surface area (Å²) in [5, 5.41) is 0. The minimum atomic E-state index is -3.50. The molecule has 0 saturated carbocycles. The van der Waals surface area contributed by atoms with E-state index in [0.717, 1.165) is 23.2 Å². The number of ether oxygens (including phenoxy) is 1. The molecule has 1 aliphatic heterocycles. The molecule has 1 amide bonds. The van der Waals surface area contributed by atoms with Crippen molar-refractivity contribution in [3.63, 3.8) is 0 Å². The first kappa shape index (κ1) is 22.3. The van der Waals surface area contributed by atoms with Gasteiger partial charge in [0.1, 0.15) is 5.75 Å². The molecule has 3 aromatic rings. The van der Waals surface area contributed by atoms with Gasteiger partial charge >= 0.3 is 0 Å². The molecule has 0 aliphatic carbocycles. The smallest absolute Gasteiger partial charge is 0.264 e. The number of anilines is 1. The molecule has 0 spiro atoms. The number of nitrogens with zero attached hydrogens (tertiary/aromatic N) is 1. The molecule has 0 saturated heterocycles. The number of fused-ring (bicyclic) bond motifs is 1. The van der Waals surface area contributed by atoms with E-state index in [1.165, 1.54) is 4.31 Å². The number of hydrogen-bond acceptors (Lipinski definition) is 5. The average Bonchev–Trinajstić information content (AvgIpc) is 3.26. The monoisotopic (exact) mass is 440 g/mol. The third-order valence-corrected chi connectivity index (χ3v) is 6.53. The van der Waals surface area contributed by atoms with Crippen molar-refractivity contribution in [1.82, 2.24) is 5.48 Å². The van der Waals surface area contributed by atoms with Crippen LogP contribution in [0.4, 0.5) is 5.69 Å². The maximum Gasteiger partial charge on any atom is 0.264 e. The molecule has 0 bridgehead atoms. The van der Waals surface area contributed by atoms with Crippen molar-refractivity contribution in [1.29, 1.82) is 0 Å². The minimum Gasteiger partial charge on any atom is -0.497 e. The molecule has 1 aliphatic rings. The van der Waals surface area contributed by atoms with Crippen molar-refractivity contribution in [2.24, 2.45) is 0 Å². The van der Waals surface area contributed by atoms with E-state index in [4.69, 9.17) is 9.57 Å². The van der Waals surface area contributed by atoms with Gasteiger partial charge in [-0.05, 0) is 47.9 Å². The van der Waals surface area contributed by atoms with Gasteiger partial charge < -0.3 is 4.74 Å². The highest BCUT2D eigenvalue weighted by atomic mass is 32.2. The van der Waals surface area contributed by atoms with Crippen molar-refractivity contribution in [3.8, 4) is 5.75 Å². The molecule has 0 aromatic heterocycles. The molecule has 4 rings (SSSR count). The number of para-hydroxylation sites is 1. The molecule has 1 heterocycles. The Labute approximate surface area is 182 Å². The Balaban J connectivity index is 0.000000210. The van der Waals surface area contributed by atoms with Gasteiger partial charge in [0.2, 0.25) is 6.41 Å². The first-order valence-corrected chi connectivity index (χ1v) is 11.1. The van der Waals surface area contributed by atoms with E-state index in [0.29, 0.717) is 25.3 Å². The Morgan fingerprint density at radius 1 is 0.968 bits per heavy atom. The van der Waals surface area contributed by atoms with Crippen LogP contribution >= 0.6 is 0 Å². The molecule has 7 nitrogen and oxygen atoms in total. The number of sulfonamides is 1. The molecule has 162 valence electrons. The molecule has 0 unspecified atom stereocenters. The van der Waals surface area contributed by atoms with Crippen LogP contribution in [0.1, 0.15) is 11.1 Å². The number of rotatable bonds is 7. The molecule has 8 heteroatoms. The first-order valence-electron chi connectivity index (χ1n) is 9.66. The quantitative estimate of drug-likeness (QED) is 0.346. The molecular formula is C23H24N2O5S. The van der Waals surface area contributed by atoms with Crippen LogP contribution in [0, 0.1) is 0 Å². The summed E-state index contributed by atoms with van der Waals surface area (Å²) in [5.74, 6) is 0.644. The molecular weight excluding hydrogens is 416 g/mol. The van der Waals surface area contributed by atoms with E-state index >= 15 is 0 Å². The SMILES string of the molecule is COc1ccc(S(=O)(=O)N2CCc3ccccc32)cc1.O=CNOCc1ccccc1. The third-order valence-electron chi connectivity index (χ3n) is 4.71. The van der Waals surface area contributed by atoms with Gasteiger partial charge in [-0.15, -0.1) is 0 Å². The fraction of sp³-hybridized carbons (Fsp3) is 0.174. The lowest BCUT2D eigenvalue weighted by Gasteiger charge is -2.19. The van der Waals surface area contributed by atoms with Crippen LogP contribution in [-0.4, -0.2) is 28.5 Å². The summed E-state index contributed by atoms with van der Waals surface area (Å²) < 4.78 is 31.9.